The minimum Gasteiger partial charge on any atom is -0.437 e. The Morgan fingerprint density at radius 2 is 1.79 bits per heavy atom. The molecule has 0 aliphatic heterocycles. The summed E-state index contributed by atoms with van der Waals surface area (Å²) in [4.78, 5) is 0. The molecule has 1 heterocycles. The fourth-order valence-electron chi connectivity index (χ4n) is 1.41. The second-order valence-electron chi connectivity index (χ2n) is 3.69. The van der Waals surface area contributed by atoms with Crippen LogP contribution in [0.5, 0.6) is 11.6 Å². The van der Waals surface area contributed by atoms with Crippen molar-refractivity contribution in [2.24, 2.45) is 5.73 Å². The van der Waals surface area contributed by atoms with Crippen LogP contribution in [0.25, 0.3) is 0 Å². The Hall–Kier alpha value is -2.15. The molecule has 1 aromatic carbocycles. The Labute approximate surface area is 107 Å². The van der Waals surface area contributed by atoms with Crippen molar-refractivity contribution in [1.29, 1.82) is 0 Å². The molecule has 7 heteroatoms. The van der Waals surface area contributed by atoms with Gasteiger partial charge in [-0.3, -0.25) is 0 Å². The maximum absolute atomic E-state index is 12.4. The van der Waals surface area contributed by atoms with Crippen LogP contribution >= 0.6 is 0 Å². The highest BCUT2D eigenvalue weighted by Gasteiger charge is 2.30. The zero-order valence-electron chi connectivity index (χ0n) is 9.69. The number of nitrogens with zero attached hydrogens (tertiary/aromatic N) is 2. The van der Waals surface area contributed by atoms with E-state index in [2.05, 4.69) is 10.2 Å². The van der Waals surface area contributed by atoms with E-state index >= 15 is 0 Å². The summed E-state index contributed by atoms with van der Waals surface area (Å²) < 4.78 is 42.5. The van der Waals surface area contributed by atoms with E-state index in [1.807, 2.05) is 0 Å². The van der Waals surface area contributed by atoms with Gasteiger partial charge in [0.25, 0.3) is 0 Å². The van der Waals surface area contributed by atoms with Crippen molar-refractivity contribution < 1.29 is 17.9 Å². The van der Waals surface area contributed by atoms with E-state index in [4.69, 9.17) is 10.5 Å². The number of rotatable bonds is 3. The van der Waals surface area contributed by atoms with Gasteiger partial charge in [0.1, 0.15) is 5.75 Å². The highest BCUT2D eigenvalue weighted by molar-refractivity contribution is 5.33. The van der Waals surface area contributed by atoms with E-state index in [0.717, 1.165) is 12.1 Å². The summed E-state index contributed by atoms with van der Waals surface area (Å²) in [5.41, 5.74) is 5.37. The van der Waals surface area contributed by atoms with Crippen LogP contribution in [-0.4, -0.2) is 10.2 Å². The van der Waals surface area contributed by atoms with Crippen LogP contribution in [0.3, 0.4) is 0 Å². The number of halogens is 3. The van der Waals surface area contributed by atoms with Crippen molar-refractivity contribution in [3.63, 3.8) is 0 Å². The molecule has 0 aliphatic rings. The van der Waals surface area contributed by atoms with Gasteiger partial charge in [0.05, 0.1) is 11.8 Å². The van der Waals surface area contributed by atoms with E-state index in [9.17, 15) is 13.2 Å². The maximum Gasteiger partial charge on any atom is 0.416 e. The van der Waals surface area contributed by atoms with Crippen LogP contribution in [-0.2, 0) is 12.7 Å². The first-order chi connectivity index (χ1) is 9.00. The summed E-state index contributed by atoms with van der Waals surface area (Å²) >= 11 is 0. The highest BCUT2D eigenvalue weighted by atomic mass is 19.4. The number of nitrogens with two attached hydrogens (primary N) is 1. The topological polar surface area (TPSA) is 61.0 Å². The van der Waals surface area contributed by atoms with Gasteiger partial charge in [0.2, 0.25) is 5.88 Å². The molecular formula is C12H10F3N3O. The van der Waals surface area contributed by atoms with Gasteiger partial charge in [-0.15, -0.1) is 5.10 Å². The molecule has 0 saturated carbocycles. The van der Waals surface area contributed by atoms with Crippen molar-refractivity contribution >= 4 is 0 Å². The first-order valence-electron chi connectivity index (χ1n) is 5.36. The average molecular weight is 269 g/mol. The monoisotopic (exact) mass is 269 g/mol. The molecule has 4 nitrogen and oxygen atoms in total. The van der Waals surface area contributed by atoms with Crippen LogP contribution in [0.4, 0.5) is 13.2 Å². The van der Waals surface area contributed by atoms with Crippen molar-refractivity contribution in [2.75, 3.05) is 0 Å². The molecule has 0 saturated heterocycles. The molecule has 100 valence electrons. The Morgan fingerprint density at radius 3 is 2.37 bits per heavy atom. The number of aromatic nitrogens is 2. The van der Waals surface area contributed by atoms with Crippen LogP contribution in [0.1, 0.15) is 11.1 Å². The smallest absolute Gasteiger partial charge is 0.416 e. The van der Waals surface area contributed by atoms with Gasteiger partial charge in [0.15, 0.2) is 0 Å². The van der Waals surface area contributed by atoms with Crippen LogP contribution in [0, 0.1) is 0 Å². The van der Waals surface area contributed by atoms with Crippen LogP contribution in [0.15, 0.2) is 36.5 Å². The minimum absolute atomic E-state index is 0.185. The third-order valence-electron chi connectivity index (χ3n) is 2.38. The molecule has 0 amide bonds. The van der Waals surface area contributed by atoms with Gasteiger partial charge in [-0.2, -0.15) is 18.3 Å². The molecule has 1 aromatic heterocycles. The number of alkyl halides is 3. The molecule has 2 aromatic rings. The Bertz CT molecular complexity index is 555. The van der Waals surface area contributed by atoms with Crippen molar-refractivity contribution in [3.8, 4) is 11.6 Å². The number of hydrogen-bond donors (Lipinski definition) is 1. The average Bonchev–Trinajstić information content (AvgIpc) is 2.39. The summed E-state index contributed by atoms with van der Waals surface area (Å²) in [6.45, 7) is 0.200. The second kappa shape index (κ2) is 5.23. The summed E-state index contributed by atoms with van der Waals surface area (Å²) in [6.07, 6.45) is -2.91. The lowest BCUT2D eigenvalue weighted by Gasteiger charge is -2.09. The molecule has 0 fully saturated rings. The first kappa shape index (κ1) is 13.3. The van der Waals surface area contributed by atoms with E-state index in [1.54, 1.807) is 6.07 Å². The zero-order chi connectivity index (χ0) is 13.9. The van der Waals surface area contributed by atoms with Crippen molar-refractivity contribution in [3.05, 3.63) is 47.7 Å². The maximum atomic E-state index is 12.4. The van der Waals surface area contributed by atoms with Gasteiger partial charge in [-0.05, 0) is 30.3 Å². The van der Waals surface area contributed by atoms with E-state index < -0.39 is 11.7 Å². The predicted molar refractivity (Wildman–Crippen MR) is 61.4 cm³/mol. The van der Waals surface area contributed by atoms with Gasteiger partial charge < -0.3 is 10.5 Å². The summed E-state index contributed by atoms with van der Waals surface area (Å²) in [5, 5.41) is 7.38. The molecule has 0 aliphatic carbocycles. The largest absolute Gasteiger partial charge is 0.437 e. The quantitative estimate of drug-likeness (QED) is 0.930. The van der Waals surface area contributed by atoms with Crippen LogP contribution < -0.4 is 10.5 Å². The molecule has 19 heavy (non-hydrogen) atoms. The third-order valence-corrected chi connectivity index (χ3v) is 2.38. The minimum atomic E-state index is -4.37. The third kappa shape index (κ3) is 3.19. The summed E-state index contributed by atoms with van der Waals surface area (Å²) in [7, 11) is 0. The molecule has 0 radical (unpaired) electrons. The van der Waals surface area contributed by atoms with Gasteiger partial charge in [0, 0.05) is 12.1 Å². The lowest BCUT2D eigenvalue weighted by Crippen LogP contribution is -2.05. The van der Waals surface area contributed by atoms with Crippen molar-refractivity contribution in [1.82, 2.24) is 10.2 Å². The zero-order valence-corrected chi connectivity index (χ0v) is 9.69. The number of benzene rings is 1. The van der Waals surface area contributed by atoms with Crippen molar-refractivity contribution in [2.45, 2.75) is 12.7 Å². The van der Waals surface area contributed by atoms with Gasteiger partial charge >= 0.3 is 6.18 Å². The molecule has 0 bridgehead atoms. The first-order valence-corrected chi connectivity index (χ1v) is 5.36. The molecule has 2 rings (SSSR count). The predicted octanol–water partition coefficient (Wildman–Crippen LogP) is 2.75. The lowest BCUT2D eigenvalue weighted by atomic mass is 10.2. The molecule has 0 spiro atoms. The van der Waals surface area contributed by atoms with Gasteiger partial charge in [-0.25, -0.2) is 0 Å². The molecule has 2 N–H and O–H groups in total. The standard InChI is InChI=1S/C12H10F3N3O/c13-12(14,15)9-1-3-10(4-2-9)19-11-8(7-16)5-6-17-18-11/h1-6H,7,16H2. The SMILES string of the molecule is NCc1ccnnc1Oc1ccc(C(F)(F)F)cc1. The van der Waals surface area contributed by atoms with Gasteiger partial charge in [-0.1, -0.05) is 0 Å². The van der Waals surface area contributed by atoms with E-state index in [-0.39, 0.29) is 18.2 Å². The summed E-state index contributed by atoms with van der Waals surface area (Å²) in [6, 6.07) is 5.95. The van der Waals surface area contributed by atoms with E-state index in [0.29, 0.717) is 5.56 Å². The fourth-order valence-corrected chi connectivity index (χ4v) is 1.41. The molecule has 0 atom stereocenters. The lowest BCUT2D eigenvalue weighted by molar-refractivity contribution is -0.137. The highest BCUT2D eigenvalue weighted by Crippen LogP contribution is 2.31. The fraction of sp³-hybridized carbons (Fsp3) is 0.167. The Balaban J connectivity index is 2.20. The van der Waals surface area contributed by atoms with Crippen LogP contribution in [0.2, 0.25) is 0 Å². The Kier molecular flexibility index (Phi) is 3.66. The second-order valence-corrected chi connectivity index (χ2v) is 3.69. The Morgan fingerprint density at radius 1 is 1.11 bits per heavy atom. The van der Waals surface area contributed by atoms with E-state index in [1.165, 1.54) is 18.3 Å². The molecular weight excluding hydrogens is 259 g/mol. The number of hydrogen-bond acceptors (Lipinski definition) is 4. The normalized spacial score (nSPS) is 11.4. The summed E-state index contributed by atoms with van der Waals surface area (Å²) in [5.74, 6) is 0.424. The molecule has 0 unspecified atom stereocenters. The number of ether oxygens (including phenoxy) is 1.